The third kappa shape index (κ3) is 3.47. The summed E-state index contributed by atoms with van der Waals surface area (Å²) in [6.45, 7) is 1.40. The molecule has 0 aromatic heterocycles. The van der Waals surface area contributed by atoms with E-state index in [-0.39, 0.29) is 0 Å². The summed E-state index contributed by atoms with van der Waals surface area (Å²) in [7, 11) is 0. The van der Waals surface area contributed by atoms with E-state index < -0.39 is 67.4 Å². The average Bonchev–Trinajstić information content (AvgIpc) is 2.48. The highest BCUT2D eigenvalue weighted by molar-refractivity contribution is 5.73. The Hall–Kier alpha value is -0.890. The van der Waals surface area contributed by atoms with Gasteiger partial charge in [-0.15, -0.1) is 0 Å². The van der Waals surface area contributed by atoms with Crippen molar-refractivity contribution < 1.29 is 54.8 Å². The van der Waals surface area contributed by atoms with Crippen LogP contribution in [0.5, 0.6) is 0 Å². The van der Waals surface area contributed by atoms with Crippen molar-refractivity contribution in [2.75, 3.05) is 0 Å². The van der Waals surface area contributed by atoms with Gasteiger partial charge < -0.3 is 50.0 Å². The zero-order chi connectivity index (χ0) is 17.5. The van der Waals surface area contributed by atoms with Gasteiger partial charge in [0.15, 0.2) is 18.7 Å². The molecule has 0 radical (unpaired) electrons. The number of rotatable bonds is 3. The summed E-state index contributed by atoms with van der Waals surface area (Å²) in [6, 6.07) is 0. The Bertz CT molecular complexity index is 431. The summed E-state index contributed by atoms with van der Waals surface area (Å²) in [4.78, 5) is 11.0. The van der Waals surface area contributed by atoms with Crippen LogP contribution in [0.4, 0.5) is 0 Å². The van der Waals surface area contributed by atoms with E-state index in [0.717, 1.165) is 0 Å². The van der Waals surface area contributed by atoms with Crippen LogP contribution in [0, 0.1) is 0 Å². The maximum absolute atomic E-state index is 11.0. The maximum atomic E-state index is 11.0. The molecule has 0 amide bonds. The second kappa shape index (κ2) is 6.93. The number of hydrogen-bond donors (Lipinski definition) is 7. The Kier molecular flexibility index (Phi) is 5.56. The van der Waals surface area contributed by atoms with Crippen LogP contribution in [0.15, 0.2) is 0 Å². The molecule has 0 aromatic carbocycles. The number of carboxylic acid groups (broad SMARTS) is 1. The summed E-state index contributed by atoms with van der Waals surface area (Å²) in [5.41, 5.74) is 0. The van der Waals surface area contributed by atoms with Crippen LogP contribution >= 0.6 is 0 Å². The Morgan fingerprint density at radius 2 is 1.48 bits per heavy atom. The molecular weight excluding hydrogens is 320 g/mol. The van der Waals surface area contributed by atoms with Crippen LogP contribution in [0.2, 0.25) is 0 Å². The number of aliphatic carboxylic acids is 1. The SMILES string of the molecule is C[C@@H]1O[C@H](O)[C@@H](O)[C@H](O)[C@H]1O[C@H]1O[C@@H](C(=O)O)[C@H](O)[C@@H](O)[C@@H]1O. The molecule has 2 aliphatic heterocycles. The van der Waals surface area contributed by atoms with Crippen LogP contribution in [0.3, 0.4) is 0 Å². The van der Waals surface area contributed by atoms with Gasteiger partial charge in [0.1, 0.15) is 36.6 Å². The fourth-order valence-corrected chi connectivity index (χ4v) is 2.53. The Balaban J connectivity index is 2.12. The molecule has 11 heteroatoms. The first-order valence-electron chi connectivity index (χ1n) is 6.92. The van der Waals surface area contributed by atoms with Crippen molar-refractivity contribution in [2.24, 2.45) is 0 Å². The van der Waals surface area contributed by atoms with Crippen LogP contribution in [0.25, 0.3) is 0 Å². The summed E-state index contributed by atoms with van der Waals surface area (Å²) in [6.07, 6.45) is -16.3. The van der Waals surface area contributed by atoms with Crippen molar-refractivity contribution in [3.63, 3.8) is 0 Å². The van der Waals surface area contributed by atoms with E-state index in [4.69, 9.17) is 19.3 Å². The van der Waals surface area contributed by atoms with Gasteiger partial charge in [-0.3, -0.25) is 0 Å². The first kappa shape index (κ1) is 18.4. The van der Waals surface area contributed by atoms with Gasteiger partial charge in [-0.1, -0.05) is 0 Å². The second-order valence-corrected chi connectivity index (χ2v) is 5.55. The highest BCUT2D eigenvalue weighted by Gasteiger charge is 2.51. The number of carboxylic acids is 1. The van der Waals surface area contributed by atoms with E-state index in [1.807, 2.05) is 0 Å². The van der Waals surface area contributed by atoms with Gasteiger partial charge in [0, 0.05) is 0 Å². The van der Waals surface area contributed by atoms with Gasteiger partial charge in [-0.2, -0.15) is 0 Å². The first-order chi connectivity index (χ1) is 10.6. The van der Waals surface area contributed by atoms with Gasteiger partial charge in [-0.05, 0) is 6.92 Å². The van der Waals surface area contributed by atoms with Gasteiger partial charge >= 0.3 is 5.97 Å². The lowest BCUT2D eigenvalue weighted by atomic mass is 9.97. The fraction of sp³-hybridized carbons (Fsp3) is 0.917. The molecule has 2 fully saturated rings. The van der Waals surface area contributed by atoms with Gasteiger partial charge in [0.25, 0.3) is 0 Å². The molecule has 23 heavy (non-hydrogen) atoms. The van der Waals surface area contributed by atoms with Crippen LogP contribution in [0.1, 0.15) is 6.92 Å². The summed E-state index contributed by atoms with van der Waals surface area (Å²) >= 11 is 0. The quantitative estimate of drug-likeness (QED) is 0.263. The van der Waals surface area contributed by atoms with Crippen LogP contribution in [-0.2, 0) is 19.0 Å². The summed E-state index contributed by atoms with van der Waals surface area (Å²) in [5, 5.41) is 66.9. The van der Waals surface area contributed by atoms with Crippen molar-refractivity contribution in [2.45, 2.75) is 68.3 Å². The van der Waals surface area contributed by atoms with Crippen molar-refractivity contribution in [1.29, 1.82) is 0 Å². The third-order valence-electron chi connectivity index (χ3n) is 3.90. The smallest absolute Gasteiger partial charge is 0.335 e. The first-order valence-corrected chi connectivity index (χ1v) is 6.92. The molecule has 0 aliphatic carbocycles. The molecule has 2 heterocycles. The minimum absolute atomic E-state index is 0.938. The van der Waals surface area contributed by atoms with E-state index in [9.17, 15) is 35.4 Å². The van der Waals surface area contributed by atoms with Gasteiger partial charge in [-0.25, -0.2) is 4.79 Å². The standard InChI is InChI=1S/C12H20O11/c1-2-8(5(15)6(16)11(20)21-2)22-12-7(17)3(13)4(14)9(23-12)10(18)19/h2-9,11-17,20H,1H3,(H,18,19)/t2-,3+,4+,5-,6-,7-,8-,9+,11-,12-/m0/s1. The Labute approximate surface area is 130 Å². The van der Waals surface area contributed by atoms with E-state index in [1.54, 1.807) is 0 Å². The lowest BCUT2D eigenvalue weighted by Crippen LogP contribution is -2.64. The highest BCUT2D eigenvalue weighted by Crippen LogP contribution is 2.28. The minimum Gasteiger partial charge on any atom is -0.479 e. The molecule has 0 aromatic rings. The summed E-state index contributed by atoms with van der Waals surface area (Å²) in [5.74, 6) is -1.58. The average molecular weight is 340 g/mol. The van der Waals surface area contributed by atoms with Gasteiger partial charge in [0.2, 0.25) is 0 Å². The molecule has 11 nitrogen and oxygen atoms in total. The van der Waals surface area contributed by atoms with Crippen LogP contribution in [-0.4, -0.2) is 103 Å². The monoisotopic (exact) mass is 340 g/mol. The lowest BCUT2D eigenvalue weighted by Gasteiger charge is -2.44. The molecule has 0 unspecified atom stereocenters. The second-order valence-electron chi connectivity index (χ2n) is 5.55. The predicted octanol–water partition coefficient (Wildman–Crippen LogP) is -4.28. The van der Waals surface area contributed by atoms with E-state index >= 15 is 0 Å². The topological polar surface area (TPSA) is 186 Å². The number of carbonyl (C=O) groups is 1. The number of aliphatic hydroxyl groups excluding tert-OH is 6. The van der Waals surface area contributed by atoms with E-state index in [0.29, 0.717) is 0 Å². The lowest BCUT2D eigenvalue weighted by molar-refractivity contribution is -0.347. The van der Waals surface area contributed by atoms with Crippen molar-refractivity contribution >= 4 is 5.97 Å². The molecule has 0 bridgehead atoms. The Morgan fingerprint density at radius 3 is 2.04 bits per heavy atom. The maximum Gasteiger partial charge on any atom is 0.335 e. The number of hydrogen-bond acceptors (Lipinski definition) is 10. The molecule has 134 valence electrons. The van der Waals surface area contributed by atoms with E-state index in [1.165, 1.54) is 6.92 Å². The largest absolute Gasteiger partial charge is 0.479 e. The highest BCUT2D eigenvalue weighted by atomic mass is 16.7. The van der Waals surface area contributed by atoms with Gasteiger partial charge in [0.05, 0.1) is 6.10 Å². The minimum atomic E-state index is -1.88. The molecular formula is C12H20O11. The fourth-order valence-electron chi connectivity index (χ4n) is 2.53. The molecule has 7 N–H and O–H groups in total. The Morgan fingerprint density at radius 1 is 0.870 bits per heavy atom. The van der Waals surface area contributed by atoms with Crippen molar-refractivity contribution in [3.05, 3.63) is 0 Å². The van der Waals surface area contributed by atoms with Crippen LogP contribution < -0.4 is 0 Å². The molecule has 2 rings (SSSR count). The van der Waals surface area contributed by atoms with E-state index in [2.05, 4.69) is 0 Å². The zero-order valence-corrected chi connectivity index (χ0v) is 12.0. The zero-order valence-electron chi connectivity index (χ0n) is 12.0. The number of aliphatic hydroxyl groups is 6. The summed E-state index contributed by atoms with van der Waals surface area (Å²) < 4.78 is 15.1. The predicted molar refractivity (Wildman–Crippen MR) is 67.8 cm³/mol. The third-order valence-corrected chi connectivity index (χ3v) is 3.90. The molecule has 0 saturated carbocycles. The number of ether oxygens (including phenoxy) is 3. The molecule has 10 atom stereocenters. The normalized spacial score (nSPS) is 51.4. The van der Waals surface area contributed by atoms with Crippen molar-refractivity contribution in [3.8, 4) is 0 Å². The molecule has 0 spiro atoms. The molecule has 2 aliphatic rings. The molecule has 2 saturated heterocycles. The van der Waals surface area contributed by atoms with Crippen molar-refractivity contribution in [1.82, 2.24) is 0 Å².